The number of anilines is 1. The summed E-state index contributed by atoms with van der Waals surface area (Å²) >= 11 is 6.08. The van der Waals surface area contributed by atoms with Crippen molar-refractivity contribution < 1.29 is 19.1 Å². The van der Waals surface area contributed by atoms with Crippen LogP contribution in [0.15, 0.2) is 30.6 Å². The smallest absolute Gasteiger partial charge is 0.257 e. The van der Waals surface area contributed by atoms with Crippen LogP contribution in [0.2, 0.25) is 5.02 Å². The van der Waals surface area contributed by atoms with E-state index in [9.17, 15) is 9.59 Å². The van der Waals surface area contributed by atoms with Crippen molar-refractivity contribution in [3.8, 4) is 11.5 Å². The summed E-state index contributed by atoms with van der Waals surface area (Å²) in [6.45, 7) is 4.94. The van der Waals surface area contributed by atoms with Crippen molar-refractivity contribution >= 4 is 29.1 Å². The largest absolute Gasteiger partial charge is 0.495 e. The van der Waals surface area contributed by atoms with E-state index in [0.29, 0.717) is 40.9 Å². The van der Waals surface area contributed by atoms with E-state index in [-0.39, 0.29) is 11.5 Å². The molecular weight excluding hydrogens is 370 g/mol. The minimum Gasteiger partial charge on any atom is -0.495 e. The van der Waals surface area contributed by atoms with Gasteiger partial charge in [0.15, 0.2) is 0 Å². The molecule has 0 aliphatic rings. The third-order valence-electron chi connectivity index (χ3n) is 4.02. The summed E-state index contributed by atoms with van der Waals surface area (Å²) in [4.78, 5) is 30.8. The lowest BCUT2D eigenvalue weighted by Crippen LogP contribution is -2.30. The Morgan fingerprint density at radius 1 is 1.04 bits per heavy atom. The first-order valence-corrected chi connectivity index (χ1v) is 8.80. The van der Waals surface area contributed by atoms with Crippen molar-refractivity contribution in [2.75, 3.05) is 32.6 Å². The van der Waals surface area contributed by atoms with Crippen LogP contribution >= 0.6 is 11.6 Å². The molecule has 0 unspecified atom stereocenters. The number of carbonyl (C=O) groups excluding carboxylic acids is 2. The fourth-order valence-corrected chi connectivity index (χ4v) is 2.76. The zero-order chi connectivity index (χ0) is 20.0. The summed E-state index contributed by atoms with van der Waals surface area (Å²) in [5, 5.41) is 3.10. The number of amides is 2. The van der Waals surface area contributed by atoms with Gasteiger partial charge in [-0.1, -0.05) is 11.6 Å². The lowest BCUT2D eigenvalue weighted by molar-refractivity contribution is 0.0772. The van der Waals surface area contributed by atoms with Crippen LogP contribution in [0.1, 0.15) is 34.6 Å². The van der Waals surface area contributed by atoms with Gasteiger partial charge in [0.05, 0.1) is 36.1 Å². The minimum absolute atomic E-state index is 0.173. The standard InChI is InChI=1S/C19H22ClN3O4/c1-5-23(6-2)19(25)13-7-12(10-21-11-13)18(24)22-15-9-16(26-3)14(20)8-17(15)27-4/h7-11H,5-6H2,1-4H3,(H,22,24). The zero-order valence-corrected chi connectivity index (χ0v) is 16.5. The molecule has 7 nitrogen and oxygen atoms in total. The van der Waals surface area contributed by atoms with Crippen molar-refractivity contribution in [2.24, 2.45) is 0 Å². The summed E-state index contributed by atoms with van der Waals surface area (Å²) in [5.41, 5.74) is 1.00. The number of benzene rings is 1. The Hall–Kier alpha value is -2.80. The van der Waals surface area contributed by atoms with E-state index in [0.717, 1.165) is 0 Å². The van der Waals surface area contributed by atoms with E-state index in [2.05, 4.69) is 10.3 Å². The molecule has 0 radical (unpaired) electrons. The van der Waals surface area contributed by atoms with Gasteiger partial charge >= 0.3 is 0 Å². The average Bonchev–Trinajstić information content (AvgIpc) is 2.69. The Labute approximate surface area is 163 Å². The summed E-state index contributed by atoms with van der Waals surface area (Å²) in [6, 6.07) is 4.63. The normalized spacial score (nSPS) is 10.3. The highest BCUT2D eigenvalue weighted by molar-refractivity contribution is 6.32. The van der Waals surface area contributed by atoms with Crippen LogP contribution in [0.25, 0.3) is 0 Å². The molecule has 1 aromatic carbocycles. The molecule has 0 aliphatic heterocycles. The third-order valence-corrected chi connectivity index (χ3v) is 4.32. The maximum Gasteiger partial charge on any atom is 0.257 e. The highest BCUT2D eigenvalue weighted by Crippen LogP contribution is 2.36. The number of halogens is 1. The van der Waals surface area contributed by atoms with Gasteiger partial charge in [-0.25, -0.2) is 0 Å². The van der Waals surface area contributed by atoms with Gasteiger partial charge in [0.2, 0.25) is 0 Å². The minimum atomic E-state index is -0.431. The Morgan fingerprint density at radius 3 is 2.26 bits per heavy atom. The topological polar surface area (TPSA) is 80.8 Å². The molecule has 2 rings (SSSR count). The molecule has 2 amide bonds. The number of hydrogen-bond acceptors (Lipinski definition) is 5. The third kappa shape index (κ3) is 4.68. The maximum absolute atomic E-state index is 12.6. The summed E-state index contributed by atoms with van der Waals surface area (Å²) < 4.78 is 10.4. The van der Waals surface area contributed by atoms with E-state index >= 15 is 0 Å². The van der Waals surface area contributed by atoms with E-state index in [1.54, 1.807) is 17.0 Å². The highest BCUT2D eigenvalue weighted by Gasteiger charge is 2.17. The lowest BCUT2D eigenvalue weighted by Gasteiger charge is -2.18. The van der Waals surface area contributed by atoms with Gasteiger partial charge in [0.1, 0.15) is 11.5 Å². The fraction of sp³-hybridized carbons (Fsp3) is 0.316. The van der Waals surface area contributed by atoms with Crippen molar-refractivity contribution in [1.29, 1.82) is 0 Å². The predicted octanol–water partition coefficient (Wildman–Crippen LogP) is 3.49. The first kappa shape index (κ1) is 20.5. The van der Waals surface area contributed by atoms with Crippen LogP contribution in [-0.4, -0.2) is 49.0 Å². The molecule has 2 aromatic rings. The molecule has 1 N–H and O–H groups in total. The molecule has 144 valence electrons. The van der Waals surface area contributed by atoms with Gasteiger partial charge in [0.25, 0.3) is 11.8 Å². The van der Waals surface area contributed by atoms with E-state index < -0.39 is 5.91 Å². The van der Waals surface area contributed by atoms with Crippen LogP contribution in [0.4, 0.5) is 5.69 Å². The Kier molecular flexibility index (Phi) is 7.01. The lowest BCUT2D eigenvalue weighted by atomic mass is 10.1. The molecule has 0 atom stereocenters. The number of pyridine rings is 1. The second-order valence-electron chi connectivity index (χ2n) is 5.58. The number of nitrogens with zero attached hydrogens (tertiary/aromatic N) is 2. The number of carbonyl (C=O) groups is 2. The molecule has 0 saturated carbocycles. The summed E-state index contributed by atoms with van der Waals surface area (Å²) in [7, 11) is 2.95. The molecule has 1 aromatic heterocycles. The molecule has 0 aliphatic carbocycles. The molecule has 0 saturated heterocycles. The molecular formula is C19H22ClN3O4. The SMILES string of the molecule is CCN(CC)C(=O)c1cncc(C(=O)Nc2cc(OC)c(Cl)cc2OC)c1. The van der Waals surface area contributed by atoms with Crippen molar-refractivity contribution in [3.63, 3.8) is 0 Å². The van der Waals surface area contributed by atoms with Gasteiger partial charge in [-0.15, -0.1) is 0 Å². The van der Waals surface area contributed by atoms with E-state index in [1.807, 2.05) is 13.8 Å². The first-order valence-electron chi connectivity index (χ1n) is 8.42. The van der Waals surface area contributed by atoms with Crippen LogP contribution in [0.5, 0.6) is 11.5 Å². The number of ether oxygens (including phenoxy) is 2. The number of hydrogen-bond donors (Lipinski definition) is 1. The second kappa shape index (κ2) is 9.23. The predicted molar refractivity (Wildman–Crippen MR) is 104 cm³/mol. The first-order chi connectivity index (χ1) is 12.9. The molecule has 0 bridgehead atoms. The zero-order valence-electron chi connectivity index (χ0n) is 15.7. The number of aromatic nitrogens is 1. The maximum atomic E-state index is 12.6. The van der Waals surface area contributed by atoms with Gasteiger partial charge in [0, 0.05) is 37.6 Å². The van der Waals surface area contributed by atoms with Crippen LogP contribution in [-0.2, 0) is 0 Å². The summed E-state index contributed by atoms with van der Waals surface area (Å²) in [6.07, 6.45) is 2.84. The van der Waals surface area contributed by atoms with Gasteiger partial charge in [-0.2, -0.15) is 0 Å². The Morgan fingerprint density at radius 2 is 1.67 bits per heavy atom. The number of rotatable bonds is 7. The highest BCUT2D eigenvalue weighted by atomic mass is 35.5. The summed E-state index contributed by atoms with van der Waals surface area (Å²) in [5.74, 6) is 0.182. The van der Waals surface area contributed by atoms with Crippen LogP contribution in [0.3, 0.4) is 0 Å². The molecule has 27 heavy (non-hydrogen) atoms. The molecule has 0 spiro atoms. The molecule has 1 heterocycles. The monoisotopic (exact) mass is 391 g/mol. The van der Waals surface area contributed by atoms with Gasteiger partial charge in [-0.3, -0.25) is 14.6 Å². The van der Waals surface area contributed by atoms with Crippen LogP contribution < -0.4 is 14.8 Å². The van der Waals surface area contributed by atoms with Crippen LogP contribution in [0, 0.1) is 0 Å². The van der Waals surface area contributed by atoms with Crippen molar-refractivity contribution in [2.45, 2.75) is 13.8 Å². The quantitative estimate of drug-likeness (QED) is 0.781. The molecule has 8 heteroatoms. The Bertz CT molecular complexity index is 838. The van der Waals surface area contributed by atoms with Gasteiger partial charge < -0.3 is 19.7 Å². The molecule has 0 fully saturated rings. The fourth-order valence-electron chi connectivity index (χ4n) is 2.53. The van der Waals surface area contributed by atoms with Crippen molar-refractivity contribution in [3.05, 3.63) is 46.7 Å². The number of nitrogens with one attached hydrogen (secondary N) is 1. The van der Waals surface area contributed by atoms with E-state index in [1.165, 1.54) is 32.7 Å². The Balaban J connectivity index is 2.29. The van der Waals surface area contributed by atoms with Crippen molar-refractivity contribution in [1.82, 2.24) is 9.88 Å². The number of methoxy groups -OCH3 is 2. The van der Waals surface area contributed by atoms with Gasteiger partial charge in [-0.05, 0) is 19.9 Å². The van der Waals surface area contributed by atoms with E-state index in [4.69, 9.17) is 21.1 Å². The average molecular weight is 392 g/mol. The second-order valence-corrected chi connectivity index (χ2v) is 5.99.